The molecule has 1 aromatic heterocycles. The van der Waals surface area contributed by atoms with Crippen molar-refractivity contribution in [2.75, 3.05) is 27.4 Å². The molecule has 0 atom stereocenters. The van der Waals surface area contributed by atoms with Gasteiger partial charge in [0.2, 0.25) is 0 Å². The monoisotopic (exact) mass is 428 g/mol. The summed E-state index contributed by atoms with van der Waals surface area (Å²) in [4.78, 5) is 17.8. The summed E-state index contributed by atoms with van der Waals surface area (Å²) in [7, 11) is 3.29. The summed E-state index contributed by atoms with van der Waals surface area (Å²) in [6.07, 6.45) is 3.34. The van der Waals surface area contributed by atoms with E-state index in [1.54, 1.807) is 26.4 Å². The molecule has 1 heterocycles. The summed E-state index contributed by atoms with van der Waals surface area (Å²) in [6.45, 7) is 3.94. The minimum atomic E-state index is -0.288. The standard InChI is InChI=1S/C23H28N2O4S/c1-4-5-6-15-29-18-12-10-17(11-13-18)22(26)24-23-25(14-16-27-2)21-19(28-3)8-7-9-20(21)30-23/h7-13H,4-6,14-16H2,1-3H3. The van der Waals surface area contributed by atoms with Crippen LogP contribution in [-0.4, -0.2) is 37.9 Å². The molecule has 0 saturated carbocycles. The average molecular weight is 429 g/mol. The first kappa shape index (κ1) is 22.1. The number of methoxy groups -OCH3 is 2. The van der Waals surface area contributed by atoms with Crippen LogP contribution in [0.3, 0.4) is 0 Å². The molecule has 0 fully saturated rings. The van der Waals surface area contributed by atoms with Crippen LogP contribution in [0.5, 0.6) is 11.5 Å². The highest BCUT2D eigenvalue weighted by atomic mass is 32.1. The van der Waals surface area contributed by atoms with Gasteiger partial charge in [0.25, 0.3) is 5.91 Å². The Morgan fingerprint density at radius 3 is 2.57 bits per heavy atom. The highest BCUT2D eigenvalue weighted by Crippen LogP contribution is 2.27. The van der Waals surface area contributed by atoms with Crippen molar-refractivity contribution in [3.63, 3.8) is 0 Å². The molecule has 6 nitrogen and oxygen atoms in total. The van der Waals surface area contributed by atoms with Gasteiger partial charge in [-0.25, -0.2) is 0 Å². The van der Waals surface area contributed by atoms with E-state index in [1.807, 2.05) is 34.9 Å². The molecule has 0 spiro atoms. The summed E-state index contributed by atoms with van der Waals surface area (Å²) < 4.78 is 19.5. The minimum Gasteiger partial charge on any atom is -0.495 e. The van der Waals surface area contributed by atoms with Crippen molar-refractivity contribution in [3.05, 3.63) is 52.8 Å². The van der Waals surface area contributed by atoms with Gasteiger partial charge < -0.3 is 18.8 Å². The fraction of sp³-hybridized carbons (Fsp3) is 0.391. The van der Waals surface area contributed by atoms with E-state index in [1.165, 1.54) is 11.3 Å². The highest BCUT2D eigenvalue weighted by Gasteiger charge is 2.13. The zero-order valence-corrected chi connectivity index (χ0v) is 18.5. The van der Waals surface area contributed by atoms with Gasteiger partial charge in [0.15, 0.2) is 4.80 Å². The number of aromatic nitrogens is 1. The van der Waals surface area contributed by atoms with Gasteiger partial charge in [-0.3, -0.25) is 4.79 Å². The van der Waals surface area contributed by atoms with Crippen molar-refractivity contribution in [2.45, 2.75) is 32.7 Å². The number of fused-ring (bicyclic) bond motifs is 1. The fourth-order valence-corrected chi connectivity index (χ4v) is 4.20. The number of carbonyl (C=O) groups excluding carboxylic acids is 1. The summed E-state index contributed by atoms with van der Waals surface area (Å²) in [6, 6.07) is 13.0. The Hall–Kier alpha value is -2.64. The Kier molecular flexibility index (Phi) is 8.04. The normalized spacial score (nSPS) is 11.8. The molecule has 0 saturated heterocycles. The maximum atomic E-state index is 12.8. The zero-order chi connectivity index (χ0) is 21.3. The Balaban J connectivity index is 1.87. The van der Waals surface area contributed by atoms with Gasteiger partial charge in [0, 0.05) is 19.2 Å². The minimum absolute atomic E-state index is 0.288. The quantitative estimate of drug-likeness (QED) is 0.440. The number of rotatable bonds is 10. The van der Waals surface area contributed by atoms with Crippen molar-refractivity contribution in [2.24, 2.45) is 4.99 Å². The number of hydrogen-bond acceptors (Lipinski definition) is 5. The first-order valence-corrected chi connectivity index (χ1v) is 11.0. The molecule has 0 aliphatic carbocycles. The summed E-state index contributed by atoms with van der Waals surface area (Å²) in [5, 5.41) is 0. The van der Waals surface area contributed by atoms with E-state index in [9.17, 15) is 4.79 Å². The van der Waals surface area contributed by atoms with E-state index in [-0.39, 0.29) is 5.91 Å². The molecule has 3 rings (SSSR count). The molecule has 1 amide bonds. The largest absolute Gasteiger partial charge is 0.495 e. The van der Waals surface area contributed by atoms with Gasteiger partial charge in [0.1, 0.15) is 17.0 Å². The molecule has 7 heteroatoms. The Morgan fingerprint density at radius 1 is 1.07 bits per heavy atom. The van der Waals surface area contributed by atoms with E-state index < -0.39 is 0 Å². The van der Waals surface area contributed by atoms with E-state index >= 15 is 0 Å². The molecule has 0 aliphatic heterocycles. The van der Waals surface area contributed by atoms with Gasteiger partial charge in [-0.1, -0.05) is 37.2 Å². The molecule has 3 aromatic rings. The van der Waals surface area contributed by atoms with Crippen molar-refractivity contribution in [3.8, 4) is 11.5 Å². The topological polar surface area (TPSA) is 62.0 Å². The van der Waals surface area contributed by atoms with Crippen LogP contribution in [0.1, 0.15) is 36.5 Å². The van der Waals surface area contributed by atoms with Crippen LogP contribution in [-0.2, 0) is 11.3 Å². The van der Waals surface area contributed by atoms with Crippen LogP contribution in [0.15, 0.2) is 47.5 Å². The number of nitrogens with zero attached hydrogens (tertiary/aromatic N) is 2. The van der Waals surface area contributed by atoms with E-state index in [2.05, 4.69) is 11.9 Å². The Morgan fingerprint density at radius 2 is 1.87 bits per heavy atom. The molecule has 30 heavy (non-hydrogen) atoms. The van der Waals surface area contributed by atoms with E-state index in [4.69, 9.17) is 14.2 Å². The molecular weight excluding hydrogens is 400 g/mol. The zero-order valence-electron chi connectivity index (χ0n) is 17.7. The molecule has 160 valence electrons. The molecule has 0 unspecified atom stereocenters. The lowest BCUT2D eigenvalue weighted by molar-refractivity contribution is 0.0997. The fourth-order valence-electron chi connectivity index (χ4n) is 3.12. The van der Waals surface area contributed by atoms with Crippen LogP contribution in [0.2, 0.25) is 0 Å². The highest BCUT2D eigenvalue weighted by molar-refractivity contribution is 7.16. The maximum Gasteiger partial charge on any atom is 0.279 e. The van der Waals surface area contributed by atoms with E-state index in [0.717, 1.165) is 41.0 Å². The number of benzene rings is 2. The average Bonchev–Trinajstić information content (AvgIpc) is 3.12. The van der Waals surface area contributed by atoms with Crippen LogP contribution in [0.4, 0.5) is 0 Å². The first-order valence-electron chi connectivity index (χ1n) is 10.1. The van der Waals surface area contributed by atoms with E-state index in [0.29, 0.717) is 30.1 Å². The second kappa shape index (κ2) is 10.9. The predicted molar refractivity (Wildman–Crippen MR) is 120 cm³/mol. The summed E-state index contributed by atoms with van der Waals surface area (Å²) in [5.41, 5.74) is 1.45. The number of para-hydroxylation sites is 1. The lowest BCUT2D eigenvalue weighted by Gasteiger charge is -2.08. The summed E-state index contributed by atoms with van der Waals surface area (Å²) in [5.74, 6) is 1.23. The number of carbonyl (C=O) groups is 1. The number of thiazole rings is 1. The third-order valence-corrected chi connectivity index (χ3v) is 5.76. The number of amides is 1. The first-order chi connectivity index (χ1) is 14.7. The second-order valence-electron chi connectivity index (χ2n) is 6.83. The number of unbranched alkanes of at least 4 members (excludes halogenated alkanes) is 2. The molecule has 0 aliphatic rings. The second-order valence-corrected chi connectivity index (χ2v) is 7.84. The molecular formula is C23H28N2O4S. The maximum absolute atomic E-state index is 12.8. The lowest BCUT2D eigenvalue weighted by atomic mass is 10.2. The Bertz CT molecular complexity index is 1040. The van der Waals surface area contributed by atoms with Crippen LogP contribution >= 0.6 is 11.3 Å². The predicted octanol–water partition coefficient (Wildman–Crippen LogP) is 4.67. The molecule has 0 N–H and O–H groups in total. The van der Waals surface area contributed by atoms with Gasteiger partial charge in [0.05, 0.1) is 25.0 Å². The van der Waals surface area contributed by atoms with Gasteiger partial charge in [-0.2, -0.15) is 4.99 Å². The van der Waals surface area contributed by atoms with Gasteiger partial charge in [-0.05, 0) is 42.8 Å². The Labute approximate surface area is 180 Å². The van der Waals surface area contributed by atoms with Crippen molar-refractivity contribution >= 4 is 27.5 Å². The smallest absolute Gasteiger partial charge is 0.279 e. The third-order valence-electron chi connectivity index (χ3n) is 4.72. The SMILES string of the molecule is CCCCCOc1ccc(C(=O)N=c2sc3cccc(OC)c3n2CCOC)cc1. The van der Waals surface area contributed by atoms with Crippen molar-refractivity contribution in [1.29, 1.82) is 0 Å². The molecule has 2 aromatic carbocycles. The van der Waals surface area contributed by atoms with Gasteiger partial charge >= 0.3 is 0 Å². The molecule has 0 radical (unpaired) electrons. The van der Waals surface area contributed by atoms with Gasteiger partial charge in [-0.15, -0.1) is 0 Å². The van der Waals surface area contributed by atoms with Crippen LogP contribution in [0, 0.1) is 0 Å². The van der Waals surface area contributed by atoms with Crippen molar-refractivity contribution < 1.29 is 19.0 Å². The lowest BCUT2D eigenvalue weighted by Crippen LogP contribution is -2.19. The van der Waals surface area contributed by atoms with Crippen molar-refractivity contribution in [1.82, 2.24) is 4.57 Å². The third kappa shape index (κ3) is 5.29. The summed E-state index contributed by atoms with van der Waals surface area (Å²) >= 11 is 1.46. The number of ether oxygens (including phenoxy) is 3. The van der Waals surface area contributed by atoms with Crippen LogP contribution in [0.25, 0.3) is 10.2 Å². The molecule has 0 bridgehead atoms. The number of hydrogen-bond donors (Lipinski definition) is 0. The van der Waals surface area contributed by atoms with Crippen LogP contribution < -0.4 is 14.3 Å².